The fourth-order valence-corrected chi connectivity index (χ4v) is 2.74. The van der Waals surface area contributed by atoms with Gasteiger partial charge in [-0.3, -0.25) is 4.90 Å². The van der Waals surface area contributed by atoms with Gasteiger partial charge in [-0.2, -0.15) is 0 Å². The van der Waals surface area contributed by atoms with Crippen molar-refractivity contribution in [1.82, 2.24) is 4.90 Å². The van der Waals surface area contributed by atoms with Crippen LogP contribution in [0.5, 0.6) is 0 Å². The first-order chi connectivity index (χ1) is 10.8. The van der Waals surface area contributed by atoms with Gasteiger partial charge in [-0.1, -0.05) is 36.4 Å². The van der Waals surface area contributed by atoms with Crippen molar-refractivity contribution in [1.29, 1.82) is 0 Å². The van der Waals surface area contributed by atoms with Gasteiger partial charge < -0.3 is 4.42 Å². The number of hydrogen-bond acceptors (Lipinski definition) is 2. The molecule has 1 aromatic heterocycles. The van der Waals surface area contributed by atoms with Gasteiger partial charge in [0, 0.05) is 18.0 Å². The van der Waals surface area contributed by atoms with Crippen LogP contribution < -0.4 is 0 Å². The topological polar surface area (TPSA) is 16.4 Å². The zero-order valence-corrected chi connectivity index (χ0v) is 12.7. The van der Waals surface area contributed by atoms with Crippen LogP contribution in [0.3, 0.4) is 0 Å². The van der Waals surface area contributed by atoms with Gasteiger partial charge in [-0.05, 0) is 42.8 Å². The molecule has 3 rings (SSSR count). The van der Waals surface area contributed by atoms with E-state index in [1.807, 2.05) is 43.4 Å². The van der Waals surface area contributed by atoms with Crippen LogP contribution in [-0.4, -0.2) is 24.7 Å². The Hall–Kier alpha value is -2.13. The molecule has 0 saturated carbocycles. The third-order valence-corrected chi connectivity index (χ3v) is 4.06. The van der Waals surface area contributed by atoms with Crippen LogP contribution in [0.1, 0.15) is 11.1 Å². The molecule has 2 nitrogen and oxygen atoms in total. The van der Waals surface area contributed by atoms with Crippen molar-refractivity contribution in [3.8, 4) is 0 Å². The third kappa shape index (κ3) is 3.37. The summed E-state index contributed by atoms with van der Waals surface area (Å²) < 4.78 is 18.8. The highest BCUT2D eigenvalue weighted by Crippen LogP contribution is 2.19. The van der Waals surface area contributed by atoms with E-state index < -0.39 is 0 Å². The number of hydrogen-bond donors (Lipinski definition) is 0. The molecule has 3 heteroatoms. The van der Waals surface area contributed by atoms with Gasteiger partial charge in [0.2, 0.25) is 0 Å². The quantitative estimate of drug-likeness (QED) is 0.668. The van der Waals surface area contributed by atoms with E-state index in [1.165, 1.54) is 5.56 Å². The highest BCUT2D eigenvalue weighted by molar-refractivity contribution is 5.77. The maximum absolute atomic E-state index is 13.5. The van der Waals surface area contributed by atoms with Crippen molar-refractivity contribution in [2.24, 2.45) is 0 Å². The monoisotopic (exact) mass is 297 g/mol. The second-order valence-corrected chi connectivity index (χ2v) is 5.71. The lowest BCUT2D eigenvalue weighted by molar-refractivity contribution is 0.193. The minimum Gasteiger partial charge on any atom is -0.464 e. The van der Waals surface area contributed by atoms with E-state index in [9.17, 15) is 4.39 Å². The lowest BCUT2D eigenvalue weighted by atomic mass is 10.0. The number of likely N-dealkylation sites (N-methyl/N-ethyl adjacent to an activating group) is 1. The summed E-state index contributed by atoms with van der Waals surface area (Å²) in [5.41, 5.74) is 3.21. The number of fused-ring (bicyclic) bond motifs is 1. The molecule has 0 radical (unpaired) electrons. The Labute approximate surface area is 130 Å². The minimum absolute atomic E-state index is 0.121. The van der Waals surface area contributed by atoms with Gasteiger partial charge in [0.1, 0.15) is 12.3 Å². The molecule has 0 amide bonds. The van der Waals surface area contributed by atoms with E-state index >= 15 is 0 Å². The van der Waals surface area contributed by atoms with Gasteiger partial charge >= 0.3 is 0 Å². The average Bonchev–Trinajstić information content (AvgIpc) is 3.01. The molecular formula is C19H20FNO. The largest absolute Gasteiger partial charge is 0.464 e. The Morgan fingerprint density at radius 3 is 2.64 bits per heavy atom. The Bertz CT molecular complexity index is 722. The molecule has 0 aliphatic rings. The number of alkyl halides is 1. The SMILES string of the molecule is CN(Cc1ccccc1)C(CF)Cc1ccc2occc2c1. The summed E-state index contributed by atoms with van der Waals surface area (Å²) in [5, 5.41) is 1.07. The Kier molecular flexibility index (Phi) is 4.54. The first-order valence-electron chi connectivity index (χ1n) is 7.52. The van der Waals surface area contributed by atoms with Gasteiger partial charge in [0.15, 0.2) is 0 Å². The summed E-state index contributed by atoms with van der Waals surface area (Å²) in [6, 6.07) is 18.0. The van der Waals surface area contributed by atoms with Crippen molar-refractivity contribution in [2.45, 2.75) is 19.0 Å². The van der Waals surface area contributed by atoms with Crippen LogP contribution in [-0.2, 0) is 13.0 Å². The number of rotatable bonds is 6. The first-order valence-corrected chi connectivity index (χ1v) is 7.52. The second-order valence-electron chi connectivity index (χ2n) is 5.71. The van der Waals surface area contributed by atoms with E-state index in [0.717, 1.165) is 23.1 Å². The van der Waals surface area contributed by atoms with Crippen LogP contribution in [0.25, 0.3) is 11.0 Å². The number of nitrogens with zero attached hydrogens (tertiary/aromatic N) is 1. The van der Waals surface area contributed by atoms with E-state index in [-0.39, 0.29) is 12.7 Å². The first kappa shape index (κ1) is 14.8. The van der Waals surface area contributed by atoms with Crippen LogP contribution in [0.4, 0.5) is 4.39 Å². The fraction of sp³-hybridized carbons (Fsp3) is 0.263. The molecule has 0 aliphatic heterocycles. The second kappa shape index (κ2) is 6.75. The van der Waals surface area contributed by atoms with Crippen molar-refractivity contribution >= 4 is 11.0 Å². The van der Waals surface area contributed by atoms with Gasteiger partial charge in [-0.25, -0.2) is 4.39 Å². The average molecular weight is 297 g/mol. The fourth-order valence-electron chi connectivity index (χ4n) is 2.74. The molecule has 114 valence electrons. The van der Waals surface area contributed by atoms with Crippen molar-refractivity contribution in [2.75, 3.05) is 13.7 Å². The predicted octanol–water partition coefficient (Wildman–Crippen LogP) is 4.45. The lowest BCUT2D eigenvalue weighted by Crippen LogP contribution is -2.34. The molecule has 0 saturated heterocycles. The van der Waals surface area contributed by atoms with Crippen LogP contribution in [0.2, 0.25) is 0 Å². The molecule has 0 fully saturated rings. The zero-order chi connectivity index (χ0) is 15.4. The van der Waals surface area contributed by atoms with E-state index in [4.69, 9.17) is 4.42 Å². The summed E-state index contributed by atoms with van der Waals surface area (Å²) in [5.74, 6) is 0. The van der Waals surface area contributed by atoms with Gasteiger partial charge in [-0.15, -0.1) is 0 Å². The normalized spacial score (nSPS) is 12.9. The molecule has 0 spiro atoms. The molecule has 0 aliphatic carbocycles. The summed E-state index contributed by atoms with van der Waals surface area (Å²) in [6.45, 7) is 0.399. The molecule has 1 unspecified atom stereocenters. The molecule has 0 N–H and O–H groups in total. The summed E-state index contributed by atoms with van der Waals surface area (Å²) in [6.07, 6.45) is 2.38. The van der Waals surface area contributed by atoms with Gasteiger partial charge in [0.05, 0.1) is 6.26 Å². The smallest absolute Gasteiger partial charge is 0.133 e. The van der Waals surface area contributed by atoms with Crippen molar-refractivity contribution < 1.29 is 8.81 Å². The van der Waals surface area contributed by atoms with E-state index in [2.05, 4.69) is 23.1 Å². The molecular weight excluding hydrogens is 277 g/mol. The maximum Gasteiger partial charge on any atom is 0.133 e. The molecule has 2 aromatic carbocycles. The Morgan fingerprint density at radius 1 is 1.05 bits per heavy atom. The number of benzene rings is 2. The molecule has 22 heavy (non-hydrogen) atoms. The lowest BCUT2D eigenvalue weighted by Gasteiger charge is -2.26. The third-order valence-electron chi connectivity index (χ3n) is 4.06. The minimum atomic E-state index is -0.354. The highest BCUT2D eigenvalue weighted by atomic mass is 19.1. The summed E-state index contributed by atoms with van der Waals surface area (Å²) in [7, 11) is 1.98. The number of furan rings is 1. The molecule has 1 heterocycles. The highest BCUT2D eigenvalue weighted by Gasteiger charge is 2.16. The molecule has 3 aromatic rings. The van der Waals surface area contributed by atoms with Crippen molar-refractivity contribution in [3.05, 3.63) is 72.0 Å². The predicted molar refractivity (Wildman–Crippen MR) is 87.6 cm³/mol. The van der Waals surface area contributed by atoms with E-state index in [0.29, 0.717) is 6.42 Å². The van der Waals surface area contributed by atoms with E-state index in [1.54, 1.807) is 6.26 Å². The Morgan fingerprint density at radius 2 is 1.86 bits per heavy atom. The maximum atomic E-state index is 13.5. The summed E-state index contributed by atoms with van der Waals surface area (Å²) >= 11 is 0. The van der Waals surface area contributed by atoms with Crippen LogP contribution >= 0.6 is 0 Å². The van der Waals surface area contributed by atoms with Gasteiger partial charge in [0.25, 0.3) is 0 Å². The van der Waals surface area contributed by atoms with Crippen LogP contribution in [0.15, 0.2) is 65.3 Å². The Balaban J connectivity index is 1.70. The molecule has 0 bridgehead atoms. The molecule has 1 atom stereocenters. The number of halogens is 1. The van der Waals surface area contributed by atoms with Crippen molar-refractivity contribution in [3.63, 3.8) is 0 Å². The summed E-state index contributed by atoms with van der Waals surface area (Å²) in [4.78, 5) is 2.08. The van der Waals surface area contributed by atoms with Crippen LogP contribution in [0, 0.1) is 0 Å². The standard InChI is InChI=1S/C19H20FNO/c1-21(14-15-5-3-2-4-6-15)18(13-20)12-16-7-8-19-17(11-16)9-10-22-19/h2-11,18H,12-14H2,1H3. The zero-order valence-electron chi connectivity index (χ0n) is 12.7.